The molecule has 1 aliphatic carbocycles. The van der Waals surface area contributed by atoms with Crippen LogP contribution in [0.25, 0.3) is 0 Å². The molecular formula is C21H27F2N3O6S. The van der Waals surface area contributed by atoms with Gasteiger partial charge in [0.05, 0.1) is 17.5 Å². The van der Waals surface area contributed by atoms with E-state index in [2.05, 4.69) is 15.6 Å². The minimum Gasteiger partial charge on any atom is -0.457 e. The van der Waals surface area contributed by atoms with Crippen LogP contribution in [0.5, 0.6) is 0 Å². The highest BCUT2D eigenvalue weighted by atomic mass is 32.1. The topological polar surface area (TPSA) is 116 Å². The molecule has 0 bridgehead atoms. The maximum atomic E-state index is 13.9. The van der Waals surface area contributed by atoms with Crippen LogP contribution < -0.4 is 5.48 Å². The fraction of sp³-hybridized carbons (Fsp3) is 0.667. The number of nitrogens with zero attached hydrogens (tertiary/aromatic N) is 2. The molecule has 1 saturated carbocycles. The number of aryl methyl sites for hydroxylation is 1. The Labute approximate surface area is 193 Å². The number of hydroxylamine groups is 1. The first-order chi connectivity index (χ1) is 15.3. The van der Waals surface area contributed by atoms with Crippen LogP contribution in [0.2, 0.25) is 0 Å². The summed E-state index contributed by atoms with van der Waals surface area (Å²) in [7, 11) is 0. The van der Waals surface area contributed by atoms with Gasteiger partial charge in [0.2, 0.25) is 17.4 Å². The van der Waals surface area contributed by atoms with Gasteiger partial charge < -0.3 is 9.57 Å². The first kappa shape index (κ1) is 25.2. The van der Waals surface area contributed by atoms with Gasteiger partial charge in [-0.05, 0) is 27.7 Å². The first-order valence-electron chi connectivity index (χ1n) is 10.6. The second-order valence-corrected chi connectivity index (χ2v) is 10.3. The summed E-state index contributed by atoms with van der Waals surface area (Å²) in [5, 5.41) is 6.21. The van der Waals surface area contributed by atoms with Crippen LogP contribution in [0.3, 0.4) is 0 Å². The molecule has 2 aliphatic rings. The molecule has 0 aromatic carbocycles. The van der Waals surface area contributed by atoms with Crippen molar-refractivity contribution in [2.24, 2.45) is 11.1 Å². The Morgan fingerprint density at radius 2 is 1.97 bits per heavy atom. The minimum absolute atomic E-state index is 0.0196. The molecule has 1 amide bonds. The number of hydrogen-bond acceptors (Lipinski definition) is 9. The number of halogens is 2. The normalized spacial score (nSPS) is 22.5. The molecule has 1 atom stereocenters. The van der Waals surface area contributed by atoms with E-state index in [1.54, 1.807) is 33.1 Å². The smallest absolute Gasteiger partial charge is 0.353 e. The van der Waals surface area contributed by atoms with E-state index in [4.69, 9.17) is 14.4 Å². The van der Waals surface area contributed by atoms with Crippen LogP contribution in [-0.4, -0.2) is 52.1 Å². The zero-order chi connectivity index (χ0) is 24.4. The lowest BCUT2D eigenvalue weighted by Crippen LogP contribution is -2.49. The van der Waals surface area contributed by atoms with Gasteiger partial charge >= 0.3 is 5.97 Å². The van der Waals surface area contributed by atoms with Gasteiger partial charge in [0.25, 0.3) is 0 Å². The van der Waals surface area contributed by atoms with Gasteiger partial charge in [-0.25, -0.2) is 24.0 Å². The van der Waals surface area contributed by atoms with Gasteiger partial charge in [-0.2, -0.15) is 0 Å². The summed E-state index contributed by atoms with van der Waals surface area (Å²) in [4.78, 5) is 52.5. The maximum absolute atomic E-state index is 13.9. The van der Waals surface area contributed by atoms with Crippen LogP contribution in [0.4, 0.5) is 8.78 Å². The third-order valence-corrected chi connectivity index (χ3v) is 6.03. The lowest BCUT2D eigenvalue weighted by molar-refractivity contribution is -0.197. The Morgan fingerprint density at radius 1 is 1.30 bits per heavy atom. The average molecular weight is 488 g/mol. The highest BCUT2D eigenvalue weighted by molar-refractivity contribution is 7.09. The number of alkyl halides is 2. The molecule has 12 heteroatoms. The Hall–Kier alpha value is -2.47. The van der Waals surface area contributed by atoms with Crippen molar-refractivity contribution >= 4 is 34.7 Å². The van der Waals surface area contributed by atoms with Crippen LogP contribution in [0.15, 0.2) is 10.5 Å². The van der Waals surface area contributed by atoms with Crippen LogP contribution in [-0.2, 0) is 28.8 Å². The molecule has 2 fully saturated rings. The largest absolute Gasteiger partial charge is 0.457 e. The number of oxime groups is 1. The summed E-state index contributed by atoms with van der Waals surface area (Å²) in [6.45, 7) is 6.72. The number of thiazole rings is 1. The van der Waals surface area contributed by atoms with Crippen molar-refractivity contribution < 1.29 is 37.6 Å². The number of amides is 1. The molecule has 1 saturated heterocycles. The van der Waals surface area contributed by atoms with E-state index in [9.17, 15) is 23.2 Å². The van der Waals surface area contributed by atoms with Crippen molar-refractivity contribution in [1.29, 1.82) is 0 Å². The van der Waals surface area contributed by atoms with E-state index >= 15 is 0 Å². The zero-order valence-electron chi connectivity index (χ0n) is 18.9. The molecule has 182 valence electrons. The number of carbonyl (C=O) groups excluding carboxylic acids is 3. The highest BCUT2D eigenvalue weighted by Gasteiger charge is 2.52. The molecule has 1 aliphatic heterocycles. The summed E-state index contributed by atoms with van der Waals surface area (Å²) in [5.74, 6) is -5.45. The number of Topliss-reactive ketones (excluding diaryl/α,β-unsaturated/α-hetero) is 1. The monoisotopic (exact) mass is 487 g/mol. The maximum Gasteiger partial charge on any atom is 0.353 e. The molecule has 1 N–H and O–H groups in total. The molecule has 33 heavy (non-hydrogen) atoms. The summed E-state index contributed by atoms with van der Waals surface area (Å²) < 4.78 is 33.1. The van der Waals surface area contributed by atoms with E-state index in [-0.39, 0.29) is 37.3 Å². The van der Waals surface area contributed by atoms with E-state index in [1.807, 2.05) is 0 Å². The number of esters is 1. The number of rotatable bonds is 7. The second-order valence-electron chi connectivity index (χ2n) is 9.24. The standard InChI is InChI=1S/C21H27F2N3O6S/c1-12-24-14(11-33-12)16(15(27)9-13-10-30-26-17(13)28)25-32-20(18(29)31-19(2,3)4)5-7-21(22,23)8-6-20/h11,13H,5-10H2,1-4H3,(H,26,28)/b25-16-/t13-/m0/s1. The van der Waals surface area contributed by atoms with Crippen LogP contribution in [0.1, 0.15) is 63.6 Å². The average Bonchev–Trinajstić information content (AvgIpc) is 3.30. The van der Waals surface area contributed by atoms with E-state index in [0.717, 1.165) is 0 Å². The fourth-order valence-corrected chi connectivity index (χ4v) is 4.01. The van der Waals surface area contributed by atoms with Gasteiger partial charge in [-0.3, -0.25) is 14.4 Å². The predicted molar refractivity (Wildman–Crippen MR) is 114 cm³/mol. The predicted octanol–water partition coefficient (Wildman–Crippen LogP) is 3.10. The van der Waals surface area contributed by atoms with Crippen molar-refractivity contribution in [3.63, 3.8) is 0 Å². The molecule has 9 nitrogen and oxygen atoms in total. The van der Waals surface area contributed by atoms with E-state index in [1.165, 1.54) is 11.3 Å². The molecule has 2 heterocycles. The number of ketones is 1. The Morgan fingerprint density at radius 3 is 2.48 bits per heavy atom. The van der Waals surface area contributed by atoms with Crippen molar-refractivity contribution in [1.82, 2.24) is 10.5 Å². The van der Waals surface area contributed by atoms with E-state index in [0.29, 0.717) is 5.01 Å². The molecular weight excluding hydrogens is 460 g/mol. The third-order valence-electron chi connectivity index (χ3n) is 5.26. The molecule has 1 aromatic rings. The first-order valence-corrected chi connectivity index (χ1v) is 11.4. The molecule has 0 radical (unpaired) electrons. The van der Waals surface area contributed by atoms with Gasteiger partial charge in [-0.1, -0.05) is 5.16 Å². The fourth-order valence-electron chi connectivity index (χ4n) is 3.41. The van der Waals surface area contributed by atoms with Crippen molar-refractivity contribution in [3.8, 4) is 0 Å². The van der Waals surface area contributed by atoms with Gasteiger partial charge in [0.15, 0.2) is 11.5 Å². The SMILES string of the molecule is Cc1nc(/C(=N/OC2(C(=O)OC(C)(C)C)CCC(F)(F)CC2)C(=O)C[C@H]2CONC2=O)cs1. The summed E-state index contributed by atoms with van der Waals surface area (Å²) in [6, 6.07) is 0. The van der Waals surface area contributed by atoms with Crippen molar-refractivity contribution in [2.45, 2.75) is 76.9 Å². The Kier molecular flexibility index (Phi) is 7.18. The lowest BCUT2D eigenvalue weighted by atomic mass is 9.82. The molecule has 0 spiro atoms. The zero-order valence-corrected chi connectivity index (χ0v) is 19.7. The van der Waals surface area contributed by atoms with E-state index < -0.39 is 53.5 Å². The summed E-state index contributed by atoms with van der Waals surface area (Å²) >= 11 is 1.27. The number of carbonyl (C=O) groups is 3. The highest BCUT2D eigenvalue weighted by Crippen LogP contribution is 2.42. The lowest BCUT2D eigenvalue weighted by Gasteiger charge is -2.37. The van der Waals surface area contributed by atoms with Gasteiger partial charge in [-0.15, -0.1) is 11.3 Å². The second kappa shape index (κ2) is 9.41. The summed E-state index contributed by atoms with van der Waals surface area (Å²) in [6.07, 6.45) is -2.04. The quantitative estimate of drug-likeness (QED) is 0.357. The molecule has 1 aromatic heterocycles. The Bertz CT molecular complexity index is 946. The Balaban J connectivity index is 1.90. The third kappa shape index (κ3) is 6.32. The number of ether oxygens (including phenoxy) is 1. The van der Waals surface area contributed by atoms with Crippen molar-refractivity contribution in [3.05, 3.63) is 16.1 Å². The van der Waals surface area contributed by atoms with Gasteiger partial charge in [0.1, 0.15) is 11.3 Å². The molecule has 3 rings (SSSR count). The minimum atomic E-state index is -2.93. The van der Waals surface area contributed by atoms with Crippen molar-refractivity contribution in [2.75, 3.05) is 6.61 Å². The van der Waals surface area contributed by atoms with Crippen LogP contribution >= 0.6 is 11.3 Å². The summed E-state index contributed by atoms with van der Waals surface area (Å²) in [5.41, 5.74) is -0.443. The molecule has 0 unspecified atom stereocenters. The van der Waals surface area contributed by atoms with Crippen LogP contribution in [0, 0.1) is 12.8 Å². The van der Waals surface area contributed by atoms with Gasteiger partial charge in [0, 0.05) is 37.5 Å². The number of aromatic nitrogens is 1. The number of hydrogen-bond donors (Lipinski definition) is 1. The number of nitrogens with one attached hydrogen (secondary N) is 1.